The Morgan fingerprint density at radius 2 is 1.55 bits per heavy atom. The number of aliphatic hydroxyl groups excluding tert-OH is 2. The molecule has 15 nitrogen and oxygen atoms in total. The molecule has 2 bridgehead atoms. The summed E-state index contributed by atoms with van der Waals surface area (Å²) in [6.07, 6.45) is 6.02. The molecule has 3 aliphatic heterocycles. The van der Waals surface area contributed by atoms with E-state index in [0.717, 1.165) is 16.0 Å². The number of aromatic carboxylic acids is 1. The van der Waals surface area contributed by atoms with Crippen molar-refractivity contribution in [3.05, 3.63) is 64.8 Å². The summed E-state index contributed by atoms with van der Waals surface area (Å²) < 4.78 is 30.0. The second-order valence-corrected chi connectivity index (χ2v) is 19.3. The summed E-state index contributed by atoms with van der Waals surface area (Å²) in [6.45, 7) is 9.13. The normalized spacial score (nSPS) is 37.1. The molecule has 1 saturated carbocycles. The van der Waals surface area contributed by atoms with Crippen molar-refractivity contribution in [2.24, 2.45) is 29.6 Å². The summed E-state index contributed by atoms with van der Waals surface area (Å²) in [6, 6.07) is 5.20. The van der Waals surface area contributed by atoms with Gasteiger partial charge in [0.1, 0.15) is 24.0 Å². The van der Waals surface area contributed by atoms with E-state index in [1.54, 1.807) is 40.0 Å². The molecule has 3 fully saturated rings. The van der Waals surface area contributed by atoms with Gasteiger partial charge in [-0.1, -0.05) is 62.8 Å². The second kappa shape index (κ2) is 23.8. The van der Waals surface area contributed by atoms with E-state index in [1.165, 1.54) is 26.4 Å². The lowest BCUT2D eigenvalue weighted by Gasteiger charge is -2.47. The molecule has 1 amide bonds. The predicted molar refractivity (Wildman–Crippen MR) is 245 cm³/mol. The van der Waals surface area contributed by atoms with Crippen molar-refractivity contribution >= 4 is 35.5 Å². The summed E-state index contributed by atoms with van der Waals surface area (Å²) in [5.41, 5.74) is 2.42. The Kier molecular flexibility index (Phi) is 19.0. The Bertz CT molecular complexity index is 1940. The third-order valence-corrected chi connectivity index (χ3v) is 14.3. The molecule has 0 radical (unpaired) electrons. The van der Waals surface area contributed by atoms with Crippen molar-refractivity contribution in [2.75, 3.05) is 27.9 Å². The van der Waals surface area contributed by atoms with Crippen LogP contribution in [0.1, 0.15) is 121 Å². The number of rotatable bonds is 9. The number of carboxylic acids is 1. The number of cyclic esters (lactones) is 1. The first kappa shape index (κ1) is 52.9. The zero-order valence-corrected chi connectivity index (χ0v) is 39.9. The van der Waals surface area contributed by atoms with Gasteiger partial charge in [-0.15, -0.1) is 0 Å². The fraction of sp³-hybridized carbons (Fsp3) is 0.667. The average molecular weight is 924 g/mol. The lowest BCUT2D eigenvalue weighted by molar-refractivity contribution is -0.302. The third-order valence-electron chi connectivity index (χ3n) is 14.3. The molecule has 4 aliphatic rings. The van der Waals surface area contributed by atoms with Crippen molar-refractivity contribution in [3.8, 4) is 0 Å². The molecule has 2 saturated heterocycles. The number of carboxylic acid groups (broad SMARTS) is 1. The highest BCUT2D eigenvalue weighted by Gasteiger charge is 2.56. The predicted octanol–water partition coefficient (Wildman–Crippen LogP) is 5.86. The van der Waals surface area contributed by atoms with Gasteiger partial charge in [0.2, 0.25) is 5.79 Å². The number of carbonyl (C=O) groups is 5. The number of hydrogen-bond donors (Lipinski definition) is 4. The summed E-state index contributed by atoms with van der Waals surface area (Å²) in [4.78, 5) is 70.2. The summed E-state index contributed by atoms with van der Waals surface area (Å²) in [5.74, 6) is -9.32. The molecule has 4 N–H and O–H groups in total. The van der Waals surface area contributed by atoms with Crippen molar-refractivity contribution in [1.82, 2.24) is 4.90 Å². The Balaban J connectivity index is 1.55. The minimum atomic E-state index is -2.55. The average Bonchev–Trinajstić information content (AvgIpc) is 3.29. The van der Waals surface area contributed by atoms with E-state index in [9.17, 15) is 44.4 Å². The molecule has 1 aromatic rings. The molecular weight excluding hydrogens is 851 g/mol. The van der Waals surface area contributed by atoms with Crippen LogP contribution in [0.5, 0.6) is 0 Å². The Morgan fingerprint density at radius 3 is 2.20 bits per heavy atom. The standard InChI is InChI=1S/C51H73NO14/c1-29-22-30(2)24-43(63-7)46-44(64-8)26-32(4)51(61,66-46)47(56)48(57)52-21-10-9-14-38(52)50(60)65-45(31(3)25-35-17-20-39(53)42(27-35)62-6)33(5)40(54)28-41(55)37(23-29)13-11-12-34-15-18-36(19-16-34)49(58)59/h11-12,15-16,18-19,23,25,30,32-33,35,37-40,42-46,53-54,61H,9-10,13-14,17,20-22,24,26-28H2,1-8H3,(H,58,59)/b12-11+,29-23+,31-25+/t30-,32+,33+,35-,37+,38-,39+,40-,42+,43-,44-,45+,46+,51+/m0/s1. The van der Waals surface area contributed by atoms with Crippen LogP contribution in [0.3, 0.4) is 0 Å². The zero-order chi connectivity index (χ0) is 48.5. The van der Waals surface area contributed by atoms with E-state index in [4.69, 9.17) is 23.7 Å². The number of ether oxygens (including phenoxy) is 5. The number of hydrogen-bond acceptors (Lipinski definition) is 13. The smallest absolute Gasteiger partial charge is 0.335 e. The SMILES string of the molecule is CO[C@H]1C[C@@H](C)C/C(C)=C/[C@@H](C/C=C/c2ccc(C(=O)O)cc2)C(=O)C[C@H](O)[C@@H](C)[C@@H](/C(C)=C/[C@@H]2CC[C@@H](O)[C@H](OC)C2)OC(=O)[C@@H]2CCCCN2C(=O)C(=O)[C@]2(O)O[C@H]1[C@@H](OC)C[C@H]2C. The third kappa shape index (κ3) is 12.9. The fourth-order valence-electron chi connectivity index (χ4n) is 10.3. The number of benzene rings is 1. The lowest BCUT2D eigenvalue weighted by atomic mass is 9.81. The topological polar surface area (TPSA) is 216 Å². The molecule has 0 spiro atoms. The van der Waals surface area contributed by atoms with Crippen LogP contribution in [0.2, 0.25) is 0 Å². The molecule has 14 atom stereocenters. The minimum Gasteiger partial charge on any atom is -0.478 e. The van der Waals surface area contributed by atoms with Crippen LogP contribution < -0.4 is 0 Å². The first-order chi connectivity index (χ1) is 31.3. The molecule has 366 valence electrons. The number of amides is 1. The van der Waals surface area contributed by atoms with E-state index < -0.39 is 95.9 Å². The molecule has 15 heteroatoms. The van der Waals surface area contributed by atoms with E-state index in [1.807, 2.05) is 38.2 Å². The monoisotopic (exact) mass is 924 g/mol. The maximum atomic E-state index is 14.5. The largest absolute Gasteiger partial charge is 0.478 e. The number of methoxy groups -OCH3 is 3. The number of piperidine rings is 1. The molecule has 66 heavy (non-hydrogen) atoms. The number of nitrogens with zero attached hydrogens (tertiary/aromatic N) is 1. The van der Waals surface area contributed by atoms with Gasteiger partial charge in [-0.3, -0.25) is 14.4 Å². The summed E-state index contributed by atoms with van der Waals surface area (Å²) in [7, 11) is 4.57. The van der Waals surface area contributed by atoms with Gasteiger partial charge in [0.05, 0.1) is 36.1 Å². The molecule has 1 aromatic carbocycles. The fourth-order valence-corrected chi connectivity index (χ4v) is 10.3. The van der Waals surface area contributed by atoms with Gasteiger partial charge in [0.15, 0.2) is 0 Å². The Hall–Kier alpha value is -4.09. The van der Waals surface area contributed by atoms with Gasteiger partial charge >= 0.3 is 11.9 Å². The van der Waals surface area contributed by atoms with Crippen LogP contribution >= 0.6 is 0 Å². The van der Waals surface area contributed by atoms with E-state index in [0.29, 0.717) is 50.5 Å². The maximum Gasteiger partial charge on any atom is 0.335 e. The number of aliphatic hydroxyl groups is 3. The van der Waals surface area contributed by atoms with Crippen LogP contribution in [0, 0.1) is 29.6 Å². The van der Waals surface area contributed by atoms with Crippen LogP contribution in [-0.2, 0) is 42.9 Å². The van der Waals surface area contributed by atoms with Crippen LogP contribution in [0.25, 0.3) is 6.08 Å². The minimum absolute atomic E-state index is 0.0528. The van der Waals surface area contributed by atoms with Gasteiger partial charge in [-0.05, 0) is 113 Å². The molecular formula is C51H73NO14. The first-order valence-electron chi connectivity index (χ1n) is 23.6. The number of ketones is 2. The van der Waals surface area contributed by atoms with Gasteiger partial charge < -0.3 is 49.0 Å². The van der Waals surface area contributed by atoms with E-state index >= 15 is 0 Å². The molecule has 1 aliphatic carbocycles. The quantitative estimate of drug-likeness (QED) is 0.130. The number of Topliss-reactive ketones (excluding diaryl/α,β-unsaturated/α-hetero) is 2. The number of fused-ring (bicyclic) bond motifs is 3. The number of esters is 1. The van der Waals surface area contributed by atoms with Gasteiger partial charge in [-0.2, -0.15) is 0 Å². The maximum absolute atomic E-state index is 14.5. The van der Waals surface area contributed by atoms with Crippen LogP contribution in [-0.4, -0.2) is 137 Å². The Labute approximate surface area is 389 Å². The second-order valence-electron chi connectivity index (χ2n) is 19.3. The molecule has 0 unspecified atom stereocenters. The zero-order valence-electron chi connectivity index (χ0n) is 39.9. The van der Waals surface area contributed by atoms with Gasteiger partial charge in [0, 0.05) is 52.0 Å². The number of carbonyl (C=O) groups excluding carboxylic acids is 4. The van der Waals surface area contributed by atoms with Crippen LogP contribution in [0.4, 0.5) is 0 Å². The first-order valence-corrected chi connectivity index (χ1v) is 23.6. The number of allylic oxidation sites excluding steroid dienone is 4. The summed E-state index contributed by atoms with van der Waals surface area (Å²) >= 11 is 0. The highest BCUT2D eigenvalue weighted by atomic mass is 16.7. The molecule has 3 heterocycles. The summed E-state index contributed by atoms with van der Waals surface area (Å²) in [5, 5.41) is 43.9. The van der Waals surface area contributed by atoms with Gasteiger partial charge in [0.25, 0.3) is 11.7 Å². The van der Waals surface area contributed by atoms with E-state index in [2.05, 4.69) is 0 Å². The van der Waals surface area contributed by atoms with Crippen molar-refractivity contribution in [3.63, 3.8) is 0 Å². The highest BCUT2D eigenvalue weighted by Crippen LogP contribution is 2.39. The van der Waals surface area contributed by atoms with Crippen LogP contribution in [0.15, 0.2) is 53.6 Å². The highest BCUT2D eigenvalue weighted by molar-refractivity contribution is 6.39. The molecule has 0 aromatic heterocycles. The van der Waals surface area contributed by atoms with Gasteiger partial charge in [-0.25, -0.2) is 9.59 Å². The molecule has 5 rings (SSSR count). The van der Waals surface area contributed by atoms with Crippen molar-refractivity contribution in [2.45, 2.75) is 160 Å². The van der Waals surface area contributed by atoms with Crippen molar-refractivity contribution in [1.29, 1.82) is 0 Å². The Morgan fingerprint density at radius 1 is 0.879 bits per heavy atom. The lowest BCUT2D eigenvalue weighted by Crippen LogP contribution is -2.64. The van der Waals surface area contributed by atoms with E-state index in [-0.39, 0.29) is 55.4 Å². The van der Waals surface area contributed by atoms with Crippen molar-refractivity contribution < 1.29 is 68.1 Å².